The summed E-state index contributed by atoms with van der Waals surface area (Å²) in [6.45, 7) is 2.02. The van der Waals surface area contributed by atoms with Crippen LogP contribution in [0.2, 0.25) is 0 Å². The summed E-state index contributed by atoms with van der Waals surface area (Å²) < 4.78 is 0. The molecule has 112 valence electrons. The third-order valence-electron chi connectivity index (χ3n) is 4.32. The maximum Gasteiger partial charge on any atom is 0.240 e. The second kappa shape index (κ2) is 7.24. The van der Waals surface area contributed by atoms with E-state index in [-0.39, 0.29) is 11.9 Å². The molecule has 1 atom stereocenters. The molecule has 0 radical (unpaired) electrons. The highest BCUT2D eigenvalue weighted by atomic mass is 16.2. The molecule has 1 unspecified atom stereocenters. The van der Waals surface area contributed by atoms with E-state index in [0.29, 0.717) is 6.42 Å². The maximum atomic E-state index is 12.5. The third kappa shape index (κ3) is 4.05. The number of hydrogen-bond donors (Lipinski definition) is 0. The van der Waals surface area contributed by atoms with Crippen LogP contribution in [0.25, 0.3) is 0 Å². The Morgan fingerprint density at radius 1 is 1.38 bits per heavy atom. The van der Waals surface area contributed by atoms with Crippen molar-refractivity contribution in [1.82, 2.24) is 9.80 Å². The van der Waals surface area contributed by atoms with Crippen LogP contribution in [0.4, 0.5) is 0 Å². The summed E-state index contributed by atoms with van der Waals surface area (Å²) in [5, 5.41) is 9.34. The number of likely N-dealkylation sites (tertiary alicyclic amines) is 1. The highest BCUT2D eigenvalue weighted by Gasteiger charge is 2.28. The van der Waals surface area contributed by atoms with E-state index in [4.69, 9.17) is 0 Å². The lowest BCUT2D eigenvalue weighted by Crippen LogP contribution is -2.46. The van der Waals surface area contributed by atoms with Crippen LogP contribution in [0, 0.1) is 17.2 Å². The molecule has 0 aromatic heterocycles. The van der Waals surface area contributed by atoms with Gasteiger partial charge in [0.15, 0.2) is 0 Å². The molecule has 4 nitrogen and oxygen atoms in total. The largest absolute Gasteiger partial charge is 0.342 e. The van der Waals surface area contributed by atoms with Crippen molar-refractivity contribution in [3.05, 3.63) is 35.9 Å². The molecule has 21 heavy (non-hydrogen) atoms. The van der Waals surface area contributed by atoms with E-state index in [1.54, 1.807) is 4.90 Å². The van der Waals surface area contributed by atoms with E-state index in [0.717, 1.165) is 31.5 Å². The molecule has 1 aliphatic rings. The average Bonchev–Trinajstić information content (AvgIpc) is 2.53. The Hall–Kier alpha value is -1.86. The van der Waals surface area contributed by atoms with Gasteiger partial charge in [-0.15, -0.1) is 0 Å². The second-order valence-electron chi connectivity index (χ2n) is 5.86. The number of carbonyl (C=O) groups excluding carboxylic acids is 1. The first-order valence-corrected chi connectivity index (χ1v) is 7.50. The van der Waals surface area contributed by atoms with Gasteiger partial charge in [0.05, 0.1) is 6.07 Å². The van der Waals surface area contributed by atoms with E-state index in [1.165, 1.54) is 0 Å². The van der Waals surface area contributed by atoms with E-state index < -0.39 is 5.92 Å². The molecule has 1 aromatic carbocycles. The van der Waals surface area contributed by atoms with Crippen LogP contribution in [0.3, 0.4) is 0 Å². The van der Waals surface area contributed by atoms with Crippen LogP contribution in [0.15, 0.2) is 30.3 Å². The van der Waals surface area contributed by atoms with Crippen LogP contribution < -0.4 is 0 Å². The number of carbonyl (C=O) groups is 1. The van der Waals surface area contributed by atoms with Crippen molar-refractivity contribution in [1.29, 1.82) is 5.26 Å². The number of benzene rings is 1. The Kier molecular flexibility index (Phi) is 5.35. The van der Waals surface area contributed by atoms with Gasteiger partial charge in [-0.1, -0.05) is 30.3 Å². The van der Waals surface area contributed by atoms with E-state index in [9.17, 15) is 10.1 Å². The van der Waals surface area contributed by atoms with Crippen molar-refractivity contribution in [2.75, 3.05) is 27.2 Å². The number of hydrogen-bond acceptors (Lipinski definition) is 3. The summed E-state index contributed by atoms with van der Waals surface area (Å²) in [4.78, 5) is 16.6. The highest BCUT2D eigenvalue weighted by Crippen LogP contribution is 2.18. The fraction of sp³-hybridized carbons (Fsp3) is 0.529. The fourth-order valence-corrected chi connectivity index (χ4v) is 2.85. The van der Waals surface area contributed by atoms with Crippen LogP contribution in [-0.4, -0.2) is 48.9 Å². The van der Waals surface area contributed by atoms with Gasteiger partial charge < -0.3 is 9.80 Å². The Labute approximate surface area is 127 Å². The normalized spacial score (nSPS) is 18.0. The average molecular weight is 285 g/mol. The molecule has 1 amide bonds. The molecule has 1 saturated heterocycles. The molecule has 0 aliphatic carbocycles. The number of rotatable bonds is 4. The second-order valence-corrected chi connectivity index (χ2v) is 5.86. The van der Waals surface area contributed by atoms with Crippen LogP contribution in [0.1, 0.15) is 18.4 Å². The van der Waals surface area contributed by atoms with Crippen molar-refractivity contribution < 1.29 is 4.79 Å². The van der Waals surface area contributed by atoms with Gasteiger partial charge in [0.25, 0.3) is 0 Å². The smallest absolute Gasteiger partial charge is 0.240 e. The zero-order valence-electron chi connectivity index (χ0n) is 12.8. The number of piperidine rings is 1. The Bertz CT molecular complexity index is 501. The maximum absolute atomic E-state index is 12.5. The number of nitriles is 1. The molecule has 1 fully saturated rings. The lowest BCUT2D eigenvalue weighted by Gasteiger charge is -2.35. The van der Waals surface area contributed by atoms with Crippen molar-refractivity contribution >= 4 is 5.91 Å². The molecule has 0 spiro atoms. The quantitative estimate of drug-likeness (QED) is 0.849. The molecule has 2 rings (SSSR count). The van der Waals surface area contributed by atoms with E-state index >= 15 is 0 Å². The predicted octanol–water partition coefficient (Wildman–Crippen LogP) is 1.92. The van der Waals surface area contributed by atoms with Gasteiger partial charge in [-0.2, -0.15) is 5.26 Å². The third-order valence-corrected chi connectivity index (χ3v) is 4.32. The van der Waals surface area contributed by atoms with Gasteiger partial charge in [0.2, 0.25) is 5.91 Å². The molecule has 0 N–H and O–H groups in total. The van der Waals surface area contributed by atoms with Crippen molar-refractivity contribution in [3.8, 4) is 6.07 Å². The van der Waals surface area contributed by atoms with Gasteiger partial charge in [-0.05, 0) is 45.0 Å². The Morgan fingerprint density at radius 2 is 2.00 bits per heavy atom. The van der Waals surface area contributed by atoms with Crippen LogP contribution in [-0.2, 0) is 11.2 Å². The minimum atomic E-state index is -0.586. The first kappa shape index (κ1) is 15.5. The van der Waals surface area contributed by atoms with E-state index in [2.05, 4.69) is 18.0 Å². The Balaban J connectivity index is 1.98. The zero-order chi connectivity index (χ0) is 15.2. The molecule has 0 saturated carbocycles. The fourth-order valence-electron chi connectivity index (χ4n) is 2.85. The summed E-state index contributed by atoms with van der Waals surface area (Å²) in [6, 6.07) is 12.2. The van der Waals surface area contributed by atoms with Gasteiger partial charge in [0.1, 0.15) is 5.92 Å². The summed E-state index contributed by atoms with van der Waals surface area (Å²) in [7, 11) is 3.94. The predicted molar refractivity (Wildman–Crippen MR) is 82.5 cm³/mol. The molecule has 1 heterocycles. The summed E-state index contributed by atoms with van der Waals surface area (Å²) in [6.07, 6.45) is 2.47. The van der Waals surface area contributed by atoms with Crippen molar-refractivity contribution in [3.63, 3.8) is 0 Å². The molecular formula is C17H23N3O. The zero-order valence-corrected chi connectivity index (χ0v) is 12.8. The Morgan fingerprint density at radius 3 is 2.57 bits per heavy atom. The molecule has 1 aromatic rings. The summed E-state index contributed by atoms with van der Waals surface area (Å²) >= 11 is 0. The van der Waals surface area contributed by atoms with Gasteiger partial charge >= 0.3 is 0 Å². The summed E-state index contributed by atoms with van der Waals surface area (Å²) in [5.74, 6) is -0.632. The highest BCUT2D eigenvalue weighted by molar-refractivity contribution is 5.81. The first-order valence-electron chi connectivity index (χ1n) is 7.50. The molecule has 1 aliphatic heterocycles. The monoisotopic (exact) mass is 285 g/mol. The van der Waals surface area contributed by atoms with Gasteiger partial charge in [0, 0.05) is 13.1 Å². The van der Waals surface area contributed by atoms with Crippen molar-refractivity contribution in [2.45, 2.75) is 25.3 Å². The van der Waals surface area contributed by atoms with E-state index in [1.807, 2.05) is 37.4 Å². The minimum absolute atomic E-state index is 0.0455. The molecular weight excluding hydrogens is 262 g/mol. The summed E-state index contributed by atoms with van der Waals surface area (Å²) in [5.41, 5.74) is 1.04. The topological polar surface area (TPSA) is 47.3 Å². The standard InChI is InChI=1S/C17H23N3O/c1-19-10-8-16(9-11-19)20(2)17(21)15(13-18)12-14-6-4-3-5-7-14/h3-7,15-16H,8-12H2,1-2H3. The lowest BCUT2D eigenvalue weighted by molar-refractivity contribution is -0.135. The van der Waals surface area contributed by atoms with Gasteiger partial charge in [-0.3, -0.25) is 4.79 Å². The molecule has 4 heteroatoms. The lowest BCUT2D eigenvalue weighted by atomic mass is 9.97. The first-order chi connectivity index (χ1) is 10.1. The molecule has 0 bridgehead atoms. The van der Waals surface area contributed by atoms with Crippen LogP contribution in [0.5, 0.6) is 0 Å². The SMILES string of the molecule is CN1CCC(N(C)C(=O)C(C#N)Cc2ccccc2)CC1. The number of nitrogens with zero attached hydrogens (tertiary/aromatic N) is 3. The van der Waals surface area contributed by atoms with Crippen molar-refractivity contribution in [2.24, 2.45) is 5.92 Å². The van der Waals surface area contributed by atoms with Gasteiger partial charge in [-0.25, -0.2) is 0 Å². The van der Waals surface area contributed by atoms with Crippen LogP contribution >= 0.6 is 0 Å². The number of amides is 1. The minimum Gasteiger partial charge on any atom is -0.342 e.